The van der Waals surface area contributed by atoms with Crippen LogP contribution in [0.3, 0.4) is 0 Å². The lowest BCUT2D eigenvalue weighted by atomic mass is 10.3. The second kappa shape index (κ2) is 4.82. The van der Waals surface area contributed by atoms with Crippen molar-refractivity contribution in [3.8, 4) is 5.75 Å². The quantitative estimate of drug-likeness (QED) is 0.878. The molecule has 0 radical (unpaired) electrons. The largest absolute Gasteiger partial charge is 0.507 e. The van der Waals surface area contributed by atoms with Crippen molar-refractivity contribution in [1.29, 1.82) is 0 Å². The van der Waals surface area contributed by atoms with Crippen LogP contribution in [0.2, 0.25) is 0 Å². The smallest absolute Gasteiger partial charge is 0.244 e. The lowest BCUT2D eigenvalue weighted by Gasteiger charge is -2.06. The van der Waals surface area contributed by atoms with Crippen LogP contribution in [0.25, 0.3) is 0 Å². The van der Waals surface area contributed by atoms with E-state index in [9.17, 15) is 13.5 Å². The SMILES string of the molecule is O=S(=O)(NCc1nccs1)c1ccccc1O. The number of hydrogen-bond donors (Lipinski definition) is 2. The Morgan fingerprint density at radius 1 is 1.35 bits per heavy atom. The number of rotatable bonds is 4. The molecule has 1 heterocycles. The van der Waals surface area contributed by atoms with Crippen molar-refractivity contribution in [2.75, 3.05) is 0 Å². The summed E-state index contributed by atoms with van der Waals surface area (Å²) in [5.74, 6) is -0.265. The molecule has 5 nitrogen and oxygen atoms in total. The minimum Gasteiger partial charge on any atom is -0.507 e. The van der Waals surface area contributed by atoms with E-state index in [1.165, 1.54) is 23.5 Å². The lowest BCUT2D eigenvalue weighted by molar-refractivity contribution is 0.458. The van der Waals surface area contributed by atoms with Gasteiger partial charge in [-0.3, -0.25) is 0 Å². The van der Waals surface area contributed by atoms with Crippen molar-refractivity contribution in [3.63, 3.8) is 0 Å². The Hall–Kier alpha value is -1.44. The molecule has 2 aromatic rings. The highest BCUT2D eigenvalue weighted by Crippen LogP contribution is 2.21. The molecule has 2 rings (SSSR count). The summed E-state index contributed by atoms with van der Waals surface area (Å²) in [6.07, 6.45) is 1.61. The molecule has 0 saturated heterocycles. The van der Waals surface area contributed by atoms with E-state index < -0.39 is 10.0 Å². The molecule has 0 fully saturated rings. The van der Waals surface area contributed by atoms with Gasteiger partial charge in [0.2, 0.25) is 10.0 Å². The van der Waals surface area contributed by atoms with E-state index in [4.69, 9.17) is 0 Å². The summed E-state index contributed by atoms with van der Waals surface area (Å²) in [6.45, 7) is 0.119. The number of thiazole rings is 1. The molecule has 1 aromatic heterocycles. The first-order chi connectivity index (χ1) is 8.09. The minimum absolute atomic E-state index is 0.119. The number of phenols is 1. The van der Waals surface area contributed by atoms with Gasteiger partial charge >= 0.3 is 0 Å². The molecule has 0 aliphatic carbocycles. The van der Waals surface area contributed by atoms with Crippen molar-refractivity contribution < 1.29 is 13.5 Å². The maximum Gasteiger partial charge on any atom is 0.244 e. The third-order valence-electron chi connectivity index (χ3n) is 2.05. The van der Waals surface area contributed by atoms with Crippen LogP contribution < -0.4 is 4.72 Å². The molecule has 0 aliphatic rings. The Kier molecular flexibility index (Phi) is 3.41. The number of aromatic nitrogens is 1. The number of nitrogens with one attached hydrogen (secondary N) is 1. The predicted octanol–water partition coefficient (Wildman–Crippen LogP) is 1.33. The van der Waals surface area contributed by atoms with Crippen molar-refractivity contribution in [2.45, 2.75) is 11.4 Å². The van der Waals surface area contributed by atoms with Gasteiger partial charge in [0.1, 0.15) is 15.7 Å². The molecule has 0 atom stereocenters. The molecule has 7 heteroatoms. The van der Waals surface area contributed by atoms with Crippen LogP contribution in [-0.4, -0.2) is 18.5 Å². The molecular formula is C10H10N2O3S2. The van der Waals surface area contributed by atoms with Crippen molar-refractivity contribution in [2.24, 2.45) is 0 Å². The average molecular weight is 270 g/mol. The second-order valence-electron chi connectivity index (χ2n) is 3.22. The molecule has 0 saturated carbocycles. The van der Waals surface area contributed by atoms with Crippen LogP contribution in [0, 0.1) is 0 Å². The summed E-state index contributed by atoms with van der Waals surface area (Å²) in [4.78, 5) is 3.84. The van der Waals surface area contributed by atoms with Crippen molar-refractivity contribution >= 4 is 21.4 Å². The van der Waals surface area contributed by atoms with Crippen LogP contribution in [-0.2, 0) is 16.6 Å². The second-order valence-corrected chi connectivity index (χ2v) is 5.93. The average Bonchev–Trinajstić information content (AvgIpc) is 2.80. The van der Waals surface area contributed by atoms with Gasteiger partial charge in [0.25, 0.3) is 0 Å². The molecule has 90 valence electrons. The van der Waals surface area contributed by atoms with Crippen molar-refractivity contribution in [3.05, 3.63) is 40.8 Å². The summed E-state index contributed by atoms with van der Waals surface area (Å²) in [5.41, 5.74) is 0. The Morgan fingerprint density at radius 2 is 2.12 bits per heavy atom. The molecule has 2 N–H and O–H groups in total. The molecule has 17 heavy (non-hydrogen) atoms. The van der Waals surface area contributed by atoms with E-state index in [1.807, 2.05) is 0 Å². The first kappa shape index (κ1) is 12.0. The minimum atomic E-state index is -3.70. The number of benzene rings is 1. The first-order valence-corrected chi connectivity index (χ1v) is 7.12. The molecule has 0 bridgehead atoms. The maximum atomic E-state index is 11.9. The fourth-order valence-corrected chi connectivity index (χ4v) is 2.99. The van der Waals surface area contributed by atoms with Gasteiger partial charge < -0.3 is 5.11 Å². The number of hydrogen-bond acceptors (Lipinski definition) is 5. The zero-order valence-corrected chi connectivity index (χ0v) is 10.3. The third kappa shape index (κ3) is 2.82. The van der Waals surface area contributed by atoms with Gasteiger partial charge in [-0.2, -0.15) is 0 Å². The highest BCUT2D eigenvalue weighted by atomic mass is 32.2. The lowest BCUT2D eigenvalue weighted by Crippen LogP contribution is -2.23. The van der Waals surface area contributed by atoms with Gasteiger partial charge in [-0.1, -0.05) is 12.1 Å². The summed E-state index contributed by atoms with van der Waals surface area (Å²) < 4.78 is 26.1. The van der Waals surface area contributed by atoms with E-state index in [1.54, 1.807) is 23.7 Å². The molecule has 0 unspecified atom stereocenters. The summed E-state index contributed by atoms with van der Waals surface area (Å²) in [5, 5.41) is 11.9. The van der Waals surface area contributed by atoms with Crippen LogP contribution >= 0.6 is 11.3 Å². The Balaban J connectivity index is 2.17. The predicted molar refractivity (Wildman–Crippen MR) is 64.2 cm³/mol. The molecular weight excluding hydrogens is 260 g/mol. The highest BCUT2D eigenvalue weighted by Gasteiger charge is 2.17. The van der Waals surface area contributed by atoms with Gasteiger partial charge in [-0.25, -0.2) is 18.1 Å². The molecule has 0 spiro atoms. The first-order valence-electron chi connectivity index (χ1n) is 4.75. The van der Waals surface area contributed by atoms with Gasteiger partial charge in [0, 0.05) is 11.6 Å². The fourth-order valence-electron chi connectivity index (χ4n) is 1.26. The molecule has 0 amide bonds. The number of nitrogens with zero attached hydrogens (tertiary/aromatic N) is 1. The number of aromatic hydroxyl groups is 1. The number of sulfonamides is 1. The van der Waals surface area contributed by atoms with Crippen molar-refractivity contribution in [1.82, 2.24) is 9.71 Å². The zero-order valence-electron chi connectivity index (χ0n) is 8.70. The van der Waals surface area contributed by atoms with E-state index in [0.29, 0.717) is 5.01 Å². The van der Waals surface area contributed by atoms with Gasteiger partial charge in [-0.05, 0) is 12.1 Å². The maximum absolute atomic E-state index is 11.9. The molecule has 1 aromatic carbocycles. The van der Waals surface area contributed by atoms with Gasteiger partial charge in [-0.15, -0.1) is 11.3 Å². The van der Waals surface area contributed by atoms with E-state index >= 15 is 0 Å². The zero-order chi connectivity index (χ0) is 12.3. The highest BCUT2D eigenvalue weighted by molar-refractivity contribution is 7.89. The van der Waals surface area contributed by atoms with Crippen LogP contribution in [0.1, 0.15) is 5.01 Å². The Bertz CT molecular complexity index is 594. The standard InChI is InChI=1S/C10H10N2O3S2/c13-8-3-1-2-4-9(8)17(14,15)12-7-10-11-5-6-16-10/h1-6,12-13H,7H2. The normalized spacial score (nSPS) is 11.5. The van der Waals surface area contributed by atoms with Gasteiger partial charge in [0.05, 0.1) is 6.54 Å². The Labute approximate surface area is 103 Å². The fraction of sp³-hybridized carbons (Fsp3) is 0.100. The van der Waals surface area contributed by atoms with Crippen LogP contribution in [0.5, 0.6) is 5.75 Å². The monoisotopic (exact) mass is 270 g/mol. The van der Waals surface area contributed by atoms with Crippen LogP contribution in [0.15, 0.2) is 40.7 Å². The summed E-state index contributed by atoms with van der Waals surface area (Å²) >= 11 is 1.36. The number of phenolic OH excluding ortho intramolecular Hbond substituents is 1. The Morgan fingerprint density at radius 3 is 2.76 bits per heavy atom. The van der Waals surface area contributed by atoms with E-state index in [0.717, 1.165) is 0 Å². The van der Waals surface area contributed by atoms with Crippen LogP contribution in [0.4, 0.5) is 0 Å². The van der Waals surface area contributed by atoms with E-state index in [2.05, 4.69) is 9.71 Å². The third-order valence-corrected chi connectivity index (χ3v) is 4.28. The molecule has 0 aliphatic heterocycles. The topological polar surface area (TPSA) is 79.3 Å². The number of para-hydroxylation sites is 1. The summed E-state index contributed by atoms with van der Waals surface area (Å²) in [7, 11) is -3.70. The summed E-state index contributed by atoms with van der Waals surface area (Å²) in [6, 6.07) is 5.80. The van der Waals surface area contributed by atoms with Gasteiger partial charge in [0.15, 0.2) is 0 Å². The van der Waals surface area contributed by atoms with E-state index in [-0.39, 0.29) is 17.2 Å².